The summed E-state index contributed by atoms with van der Waals surface area (Å²) in [7, 11) is -3.65. The molecular weight excluding hydrogens is 402 g/mol. The van der Waals surface area contributed by atoms with Gasteiger partial charge in [0.2, 0.25) is 15.9 Å². The summed E-state index contributed by atoms with van der Waals surface area (Å²) in [6.45, 7) is 6.82. The Morgan fingerprint density at radius 3 is 2.23 bits per heavy atom. The molecule has 1 fully saturated rings. The molecule has 0 radical (unpaired) electrons. The maximum Gasteiger partial charge on any atom is 0.248 e. The molecule has 0 spiro atoms. The quantitative estimate of drug-likeness (QED) is 0.729. The van der Waals surface area contributed by atoms with E-state index in [4.69, 9.17) is 4.74 Å². The zero-order chi connectivity index (χ0) is 21.7. The maximum absolute atomic E-state index is 13.0. The number of rotatable bonds is 7. The number of aryl methyl sites for hydroxylation is 1. The van der Waals surface area contributed by atoms with Crippen LogP contribution in [0.25, 0.3) is 0 Å². The fraction of sp³-hybridized carbons (Fsp3) is 0.409. The molecule has 0 aromatic heterocycles. The maximum atomic E-state index is 13.0. The summed E-state index contributed by atoms with van der Waals surface area (Å²) < 4.78 is 31.6. The number of carbonyl (C=O) groups excluding carboxylic acids is 1. The summed E-state index contributed by atoms with van der Waals surface area (Å²) in [6.07, 6.45) is 1.47. The molecular formula is C22H29N3O4S. The lowest BCUT2D eigenvalue weighted by Gasteiger charge is -2.30. The fourth-order valence-corrected chi connectivity index (χ4v) is 4.77. The van der Waals surface area contributed by atoms with E-state index in [-0.39, 0.29) is 5.91 Å². The van der Waals surface area contributed by atoms with Crippen molar-refractivity contribution >= 4 is 33.0 Å². The Morgan fingerprint density at radius 2 is 1.70 bits per heavy atom. The molecule has 1 unspecified atom stereocenters. The molecule has 0 saturated carbocycles. The second-order valence-corrected chi connectivity index (χ2v) is 9.31. The first-order valence-corrected chi connectivity index (χ1v) is 11.9. The van der Waals surface area contributed by atoms with Gasteiger partial charge in [-0.2, -0.15) is 0 Å². The van der Waals surface area contributed by atoms with Crippen LogP contribution in [0, 0.1) is 6.92 Å². The van der Waals surface area contributed by atoms with Gasteiger partial charge in [0.25, 0.3) is 0 Å². The number of benzene rings is 2. The smallest absolute Gasteiger partial charge is 0.248 e. The SMILES string of the molecule is CCC(C(=O)Nc1ccc(N2CCOCC2)cc1)N(c1ccc(C)cc1)S(C)(=O)=O. The van der Waals surface area contributed by atoms with E-state index in [1.807, 2.05) is 43.3 Å². The Labute approximate surface area is 178 Å². The summed E-state index contributed by atoms with van der Waals surface area (Å²) in [5.74, 6) is -0.359. The number of anilines is 3. The van der Waals surface area contributed by atoms with E-state index in [1.54, 1.807) is 19.1 Å². The van der Waals surface area contributed by atoms with Crippen LogP contribution in [0.1, 0.15) is 18.9 Å². The average molecular weight is 432 g/mol. The average Bonchev–Trinajstić information content (AvgIpc) is 2.73. The predicted octanol–water partition coefficient (Wildman–Crippen LogP) is 3.01. The van der Waals surface area contributed by atoms with Crippen molar-refractivity contribution in [3.8, 4) is 0 Å². The number of hydrogen-bond donors (Lipinski definition) is 1. The Kier molecular flexibility index (Phi) is 6.99. The minimum absolute atomic E-state index is 0.346. The van der Waals surface area contributed by atoms with Gasteiger partial charge in [0.15, 0.2) is 0 Å². The van der Waals surface area contributed by atoms with E-state index in [2.05, 4.69) is 10.2 Å². The summed E-state index contributed by atoms with van der Waals surface area (Å²) >= 11 is 0. The molecule has 1 amide bonds. The van der Waals surface area contributed by atoms with Gasteiger partial charge in [-0.05, 0) is 49.7 Å². The molecule has 1 saturated heterocycles. The van der Waals surface area contributed by atoms with E-state index in [1.165, 1.54) is 4.31 Å². The van der Waals surface area contributed by atoms with Gasteiger partial charge in [0.05, 0.1) is 25.2 Å². The Morgan fingerprint density at radius 1 is 1.10 bits per heavy atom. The van der Waals surface area contributed by atoms with Crippen LogP contribution in [0.2, 0.25) is 0 Å². The molecule has 1 N–H and O–H groups in total. The highest BCUT2D eigenvalue weighted by molar-refractivity contribution is 7.92. The van der Waals surface area contributed by atoms with Crippen molar-refractivity contribution in [2.24, 2.45) is 0 Å². The van der Waals surface area contributed by atoms with E-state index in [9.17, 15) is 13.2 Å². The van der Waals surface area contributed by atoms with Crippen molar-refractivity contribution in [1.82, 2.24) is 0 Å². The molecule has 2 aromatic carbocycles. The summed E-state index contributed by atoms with van der Waals surface area (Å²) in [5.41, 5.74) is 3.20. The molecule has 162 valence electrons. The van der Waals surface area contributed by atoms with Crippen LogP contribution in [0.3, 0.4) is 0 Å². The fourth-order valence-electron chi connectivity index (χ4n) is 3.55. The third kappa shape index (κ3) is 5.31. The number of sulfonamides is 1. The zero-order valence-electron chi connectivity index (χ0n) is 17.7. The molecule has 3 rings (SSSR count). The van der Waals surface area contributed by atoms with E-state index in [0.29, 0.717) is 31.0 Å². The highest BCUT2D eigenvalue weighted by atomic mass is 32.2. The Bertz CT molecular complexity index is 953. The van der Waals surface area contributed by atoms with Crippen molar-refractivity contribution < 1.29 is 17.9 Å². The topological polar surface area (TPSA) is 79.0 Å². The molecule has 30 heavy (non-hydrogen) atoms. The largest absolute Gasteiger partial charge is 0.378 e. The number of carbonyl (C=O) groups is 1. The number of nitrogens with one attached hydrogen (secondary N) is 1. The van der Waals surface area contributed by atoms with Crippen LogP contribution in [-0.4, -0.2) is 52.9 Å². The minimum Gasteiger partial charge on any atom is -0.378 e. The number of ether oxygens (including phenoxy) is 1. The lowest BCUT2D eigenvalue weighted by molar-refractivity contribution is -0.117. The third-order valence-corrected chi connectivity index (χ3v) is 6.31. The second-order valence-electron chi connectivity index (χ2n) is 7.45. The molecule has 1 heterocycles. The van der Waals surface area contributed by atoms with Gasteiger partial charge in [-0.3, -0.25) is 9.10 Å². The van der Waals surface area contributed by atoms with Gasteiger partial charge in [-0.15, -0.1) is 0 Å². The van der Waals surface area contributed by atoms with Crippen LogP contribution in [0.15, 0.2) is 48.5 Å². The molecule has 1 aliphatic rings. The zero-order valence-corrected chi connectivity index (χ0v) is 18.5. The number of hydrogen-bond acceptors (Lipinski definition) is 5. The van der Waals surface area contributed by atoms with Gasteiger partial charge in [-0.25, -0.2) is 8.42 Å². The van der Waals surface area contributed by atoms with Crippen LogP contribution in [-0.2, 0) is 19.6 Å². The minimum atomic E-state index is -3.65. The lowest BCUT2D eigenvalue weighted by Crippen LogP contribution is -2.47. The van der Waals surface area contributed by atoms with Gasteiger partial charge in [-0.1, -0.05) is 24.6 Å². The van der Waals surface area contributed by atoms with E-state index in [0.717, 1.165) is 30.6 Å². The monoisotopic (exact) mass is 431 g/mol. The van der Waals surface area contributed by atoms with Crippen molar-refractivity contribution in [2.75, 3.05) is 47.1 Å². The number of morpholine rings is 1. The van der Waals surface area contributed by atoms with Crippen molar-refractivity contribution in [3.05, 3.63) is 54.1 Å². The van der Waals surface area contributed by atoms with Gasteiger partial charge in [0.1, 0.15) is 6.04 Å². The Balaban J connectivity index is 1.77. The van der Waals surface area contributed by atoms with Crippen molar-refractivity contribution in [3.63, 3.8) is 0 Å². The highest BCUT2D eigenvalue weighted by Crippen LogP contribution is 2.24. The second kappa shape index (κ2) is 9.49. The standard InChI is InChI=1S/C22H29N3O4S/c1-4-21(25(30(3,27)28)20-9-5-17(2)6-10-20)22(26)23-18-7-11-19(12-8-18)24-13-15-29-16-14-24/h5-12,21H,4,13-16H2,1-3H3,(H,23,26). The van der Waals surface area contributed by atoms with Crippen LogP contribution in [0.4, 0.5) is 17.1 Å². The van der Waals surface area contributed by atoms with Crippen molar-refractivity contribution in [1.29, 1.82) is 0 Å². The Hall–Kier alpha value is -2.58. The highest BCUT2D eigenvalue weighted by Gasteiger charge is 2.31. The van der Waals surface area contributed by atoms with Gasteiger partial charge < -0.3 is 15.0 Å². The predicted molar refractivity (Wildman–Crippen MR) is 121 cm³/mol. The summed E-state index contributed by atoms with van der Waals surface area (Å²) in [4.78, 5) is 15.2. The molecule has 2 aromatic rings. The van der Waals surface area contributed by atoms with Gasteiger partial charge >= 0.3 is 0 Å². The van der Waals surface area contributed by atoms with Crippen LogP contribution in [0.5, 0.6) is 0 Å². The molecule has 8 heteroatoms. The molecule has 0 bridgehead atoms. The molecule has 0 aliphatic carbocycles. The van der Waals surface area contributed by atoms with Crippen LogP contribution < -0.4 is 14.5 Å². The van der Waals surface area contributed by atoms with Crippen molar-refractivity contribution in [2.45, 2.75) is 26.3 Å². The third-order valence-electron chi connectivity index (χ3n) is 5.13. The number of nitrogens with zero attached hydrogens (tertiary/aromatic N) is 2. The lowest BCUT2D eigenvalue weighted by atomic mass is 10.1. The summed E-state index contributed by atoms with van der Waals surface area (Å²) in [5, 5.41) is 2.87. The number of amides is 1. The van der Waals surface area contributed by atoms with E-state index >= 15 is 0 Å². The molecule has 7 nitrogen and oxygen atoms in total. The first-order chi connectivity index (χ1) is 14.3. The molecule has 1 atom stereocenters. The molecule has 1 aliphatic heterocycles. The van der Waals surface area contributed by atoms with Gasteiger partial charge in [0, 0.05) is 24.5 Å². The first kappa shape index (κ1) is 22.1. The first-order valence-electron chi connectivity index (χ1n) is 10.1. The normalized spacial score (nSPS) is 15.5. The summed E-state index contributed by atoms with van der Waals surface area (Å²) in [6, 6.07) is 13.9. The van der Waals surface area contributed by atoms with Crippen LogP contribution >= 0.6 is 0 Å². The van der Waals surface area contributed by atoms with E-state index < -0.39 is 16.1 Å².